The van der Waals surface area contributed by atoms with Gasteiger partial charge in [0.15, 0.2) is 11.5 Å². The summed E-state index contributed by atoms with van der Waals surface area (Å²) >= 11 is 0. The molecule has 3 N–H and O–H groups in total. The third kappa shape index (κ3) is 5.66. The SMILES string of the molecule is CCNC(=O)Nc1cc(CN2CCN(c3cnc(C(=O)NC)c(F)c3)CC2C)ccn1. The van der Waals surface area contributed by atoms with E-state index in [4.69, 9.17) is 0 Å². The molecule has 0 spiro atoms. The topological polar surface area (TPSA) is 102 Å². The van der Waals surface area contributed by atoms with Crippen LogP contribution in [0.1, 0.15) is 29.9 Å². The zero-order valence-corrected chi connectivity index (χ0v) is 18.0. The lowest BCUT2D eigenvalue weighted by Gasteiger charge is -2.41. The molecule has 1 unspecified atom stereocenters. The first-order valence-corrected chi connectivity index (χ1v) is 10.3. The van der Waals surface area contributed by atoms with Crippen LogP contribution in [0.5, 0.6) is 0 Å². The molecule has 0 bridgehead atoms. The highest BCUT2D eigenvalue weighted by atomic mass is 19.1. The first-order valence-electron chi connectivity index (χ1n) is 10.3. The molecule has 0 aliphatic carbocycles. The van der Waals surface area contributed by atoms with E-state index in [-0.39, 0.29) is 17.8 Å². The highest BCUT2D eigenvalue weighted by molar-refractivity contribution is 5.92. The van der Waals surface area contributed by atoms with Gasteiger partial charge in [-0.1, -0.05) is 0 Å². The van der Waals surface area contributed by atoms with Crippen molar-refractivity contribution in [3.63, 3.8) is 0 Å². The van der Waals surface area contributed by atoms with Gasteiger partial charge in [-0.05, 0) is 31.5 Å². The normalized spacial score (nSPS) is 16.6. The van der Waals surface area contributed by atoms with E-state index in [1.165, 1.54) is 19.3 Å². The summed E-state index contributed by atoms with van der Waals surface area (Å²) in [6.07, 6.45) is 3.22. The second kappa shape index (κ2) is 10.2. The summed E-state index contributed by atoms with van der Waals surface area (Å²) in [5, 5.41) is 7.79. The summed E-state index contributed by atoms with van der Waals surface area (Å²) in [6, 6.07) is 5.09. The van der Waals surface area contributed by atoms with E-state index in [1.807, 2.05) is 19.1 Å². The maximum absolute atomic E-state index is 14.3. The summed E-state index contributed by atoms with van der Waals surface area (Å²) < 4.78 is 14.3. The third-order valence-electron chi connectivity index (χ3n) is 5.19. The number of hydrogen-bond donors (Lipinski definition) is 3. The van der Waals surface area contributed by atoms with E-state index in [1.54, 1.807) is 6.20 Å². The van der Waals surface area contributed by atoms with Gasteiger partial charge in [-0.3, -0.25) is 15.0 Å². The number of hydrogen-bond acceptors (Lipinski definition) is 6. The van der Waals surface area contributed by atoms with Crippen LogP contribution in [0.2, 0.25) is 0 Å². The molecule has 1 fully saturated rings. The zero-order valence-electron chi connectivity index (χ0n) is 18.0. The highest BCUT2D eigenvalue weighted by Crippen LogP contribution is 2.22. The number of rotatable bonds is 6. The molecule has 3 amide bonds. The fraction of sp³-hybridized carbons (Fsp3) is 0.429. The third-order valence-corrected chi connectivity index (χ3v) is 5.19. The number of pyridine rings is 2. The van der Waals surface area contributed by atoms with Crippen molar-refractivity contribution < 1.29 is 14.0 Å². The molecule has 2 aromatic rings. The van der Waals surface area contributed by atoms with Gasteiger partial charge in [0.2, 0.25) is 0 Å². The molecule has 166 valence electrons. The molecule has 10 heteroatoms. The molecule has 3 rings (SSSR count). The first kappa shape index (κ1) is 22.4. The Bertz CT molecular complexity index is 940. The van der Waals surface area contributed by atoms with Gasteiger partial charge >= 0.3 is 6.03 Å². The van der Waals surface area contributed by atoms with Gasteiger partial charge < -0.3 is 15.5 Å². The lowest BCUT2D eigenvalue weighted by atomic mass is 10.1. The molecule has 9 nitrogen and oxygen atoms in total. The van der Waals surface area contributed by atoms with Crippen LogP contribution in [0.25, 0.3) is 0 Å². The van der Waals surface area contributed by atoms with E-state index in [0.717, 1.165) is 12.1 Å². The fourth-order valence-corrected chi connectivity index (χ4v) is 3.55. The Balaban J connectivity index is 1.61. The van der Waals surface area contributed by atoms with Crippen molar-refractivity contribution >= 4 is 23.4 Å². The van der Waals surface area contributed by atoms with Gasteiger partial charge in [0.1, 0.15) is 5.82 Å². The molecule has 1 saturated heterocycles. The van der Waals surface area contributed by atoms with Crippen LogP contribution in [0, 0.1) is 5.82 Å². The predicted octanol–water partition coefficient (Wildman–Crippen LogP) is 1.83. The van der Waals surface area contributed by atoms with E-state index in [9.17, 15) is 14.0 Å². The number of piperazine rings is 1. The number of nitrogens with zero attached hydrogens (tertiary/aromatic N) is 4. The Kier molecular flexibility index (Phi) is 7.35. The molecule has 1 aliphatic heterocycles. The quantitative estimate of drug-likeness (QED) is 0.648. The Morgan fingerprint density at radius 3 is 2.74 bits per heavy atom. The molecule has 1 aliphatic rings. The number of aromatic nitrogens is 2. The van der Waals surface area contributed by atoms with Gasteiger partial charge in [0.25, 0.3) is 5.91 Å². The van der Waals surface area contributed by atoms with Crippen LogP contribution < -0.4 is 20.9 Å². The average Bonchev–Trinajstić information content (AvgIpc) is 2.75. The predicted molar refractivity (Wildman–Crippen MR) is 117 cm³/mol. The summed E-state index contributed by atoms with van der Waals surface area (Å²) in [5.41, 5.74) is 1.51. The molecule has 0 saturated carbocycles. The maximum Gasteiger partial charge on any atom is 0.320 e. The Hall–Kier alpha value is -3.27. The standard InChI is InChI=1S/C21H28FN7O2/c1-4-24-21(31)27-18-9-15(5-6-25-18)13-28-7-8-29(12-14(28)2)16-10-17(22)19(26-11-16)20(30)23-3/h5-6,9-11,14H,4,7-8,12-13H2,1-3H3,(H,23,30)(H2,24,25,27,31). The molecular formula is C21H28FN7O2. The minimum Gasteiger partial charge on any atom is -0.367 e. The molecule has 1 atom stereocenters. The number of carbonyl (C=O) groups excluding carboxylic acids is 2. The van der Waals surface area contributed by atoms with Gasteiger partial charge in [-0.25, -0.2) is 19.2 Å². The van der Waals surface area contributed by atoms with Crippen molar-refractivity contribution in [3.8, 4) is 0 Å². The summed E-state index contributed by atoms with van der Waals surface area (Å²) in [6.45, 7) is 7.41. The molecule has 3 heterocycles. The van der Waals surface area contributed by atoms with E-state index in [2.05, 4.69) is 42.6 Å². The van der Waals surface area contributed by atoms with E-state index >= 15 is 0 Å². The van der Waals surface area contributed by atoms with Crippen molar-refractivity contribution in [2.24, 2.45) is 0 Å². The van der Waals surface area contributed by atoms with Gasteiger partial charge in [-0.15, -0.1) is 0 Å². The second-order valence-electron chi connectivity index (χ2n) is 7.40. The van der Waals surface area contributed by atoms with Crippen molar-refractivity contribution in [1.82, 2.24) is 25.5 Å². The minimum absolute atomic E-state index is 0.201. The van der Waals surface area contributed by atoms with Crippen molar-refractivity contribution in [3.05, 3.63) is 47.7 Å². The Labute approximate surface area is 181 Å². The van der Waals surface area contributed by atoms with Crippen LogP contribution in [-0.4, -0.2) is 66.1 Å². The highest BCUT2D eigenvalue weighted by Gasteiger charge is 2.25. The molecule has 31 heavy (non-hydrogen) atoms. The Morgan fingerprint density at radius 1 is 1.26 bits per heavy atom. The zero-order chi connectivity index (χ0) is 22.4. The van der Waals surface area contributed by atoms with Crippen molar-refractivity contribution in [2.45, 2.75) is 26.4 Å². The molecular weight excluding hydrogens is 401 g/mol. The summed E-state index contributed by atoms with van der Waals surface area (Å²) in [7, 11) is 1.44. The fourth-order valence-electron chi connectivity index (χ4n) is 3.55. The summed E-state index contributed by atoms with van der Waals surface area (Å²) in [5.74, 6) is -0.663. The molecule has 0 aromatic carbocycles. The second-order valence-corrected chi connectivity index (χ2v) is 7.40. The van der Waals surface area contributed by atoms with Crippen molar-refractivity contribution in [1.29, 1.82) is 0 Å². The van der Waals surface area contributed by atoms with Crippen LogP contribution in [-0.2, 0) is 6.54 Å². The van der Waals surface area contributed by atoms with Crippen molar-refractivity contribution in [2.75, 3.05) is 43.4 Å². The smallest absolute Gasteiger partial charge is 0.320 e. The van der Waals surface area contributed by atoms with Crippen LogP contribution >= 0.6 is 0 Å². The maximum atomic E-state index is 14.3. The number of carbonyl (C=O) groups is 2. The largest absolute Gasteiger partial charge is 0.367 e. The number of amides is 3. The van der Waals surface area contributed by atoms with Crippen LogP contribution in [0.3, 0.4) is 0 Å². The monoisotopic (exact) mass is 429 g/mol. The first-order chi connectivity index (χ1) is 14.9. The number of nitrogens with one attached hydrogen (secondary N) is 3. The summed E-state index contributed by atoms with van der Waals surface area (Å²) in [4.78, 5) is 35.9. The van der Waals surface area contributed by atoms with Crippen LogP contribution in [0.15, 0.2) is 30.6 Å². The average molecular weight is 430 g/mol. The number of urea groups is 1. The Morgan fingerprint density at radius 2 is 2.06 bits per heavy atom. The molecule has 0 radical (unpaired) electrons. The lowest BCUT2D eigenvalue weighted by Crippen LogP contribution is -2.51. The van der Waals surface area contributed by atoms with E-state index < -0.39 is 11.7 Å². The van der Waals surface area contributed by atoms with Crippen LogP contribution in [0.4, 0.5) is 20.7 Å². The number of anilines is 2. The van der Waals surface area contributed by atoms with Gasteiger partial charge in [0.05, 0.1) is 11.9 Å². The van der Waals surface area contributed by atoms with Gasteiger partial charge in [0, 0.05) is 58.1 Å². The van der Waals surface area contributed by atoms with Gasteiger partial charge in [-0.2, -0.15) is 0 Å². The lowest BCUT2D eigenvalue weighted by molar-refractivity contribution is 0.0953. The number of halogens is 1. The molecule has 2 aromatic heterocycles. The van der Waals surface area contributed by atoms with E-state index in [0.29, 0.717) is 37.7 Å². The minimum atomic E-state index is -0.629.